The minimum absolute atomic E-state index is 0.188. The smallest absolute Gasteiger partial charge is 0.339 e. The fraction of sp³-hybridized carbons (Fsp3) is 0.156. The van der Waals surface area contributed by atoms with Gasteiger partial charge < -0.3 is 4.74 Å². The summed E-state index contributed by atoms with van der Waals surface area (Å²) in [6, 6.07) is 18.8. The summed E-state index contributed by atoms with van der Waals surface area (Å²) < 4.78 is 19.3. The molecule has 0 radical (unpaired) electrons. The number of amides is 2. The van der Waals surface area contributed by atoms with E-state index < -0.39 is 24.2 Å². The molecule has 0 N–H and O–H groups in total. The first kappa shape index (κ1) is 26.7. The van der Waals surface area contributed by atoms with Crippen molar-refractivity contribution in [1.29, 1.82) is 0 Å². The lowest BCUT2D eigenvalue weighted by atomic mass is 9.85. The molecule has 1 aromatic heterocycles. The number of hydrogen-bond acceptors (Lipinski definition) is 6. The molecule has 1 aliphatic heterocycles. The highest BCUT2D eigenvalue weighted by Crippen LogP contribution is 2.38. The molecule has 1 aliphatic carbocycles. The minimum atomic E-state index is -0.715. The van der Waals surface area contributed by atoms with Gasteiger partial charge >= 0.3 is 5.97 Å². The highest BCUT2D eigenvalue weighted by molar-refractivity contribution is 9.10. The lowest BCUT2D eigenvalue weighted by molar-refractivity contribution is -0.122. The summed E-state index contributed by atoms with van der Waals surface area (Å²) in [6.07, 6.45) is 5.03. The van der Waals surface area contributed by atoms with Crippen molar-refractivity contribution in [3.63, 3.8) is 0 Å². The molecule has 2 aliphatic rings. The third kappa shape index (κ3) is 5.09. The zero-order chi connectivity index (χ0) is 28.7. The first-order valence-corrected chi connectivity index (χ1v) is 13.8. The van der Waals surface area contributed by atoms with Gasteiger partial charge in [0, 0.05) is 21.0 Å². The Balaban J connectivity index is 1.28. The molecule has 2 heterocycles. The quantitative estimate of drug-likeness (QED) is 0.110. The molecule has 9 heteroatoms. The number of carbonyl (C=O) groups is 4. The summed E-state index contributed by atoms with van der Waals surface area (Å²) in [5.74, 6) is -2.67. The number of fused-ring (bicyclic) bond motifs is 2. The number of esters is 1. The van der Waals surface area contributed by atoms with Gasteiger partial charge in [-0.1, -0.05) is 40.2 Å². The maximum Gasteiger partial charge on any atom is 0.339 e. The molecule has 1 saturated heterocycles. The number of pyridine rings is 1. The predicted octanol–water partition coefficient (Wildman–Crippen LogP) is 6.30. The number of imide groups is 1. The Kier molecular flexibility index (Phi) is 7.05. The molecule has 0 saturated carbocycles. The van der Waals surface area contributed by atoms with Crippen LogP contribution in [-0.2, 0) is 14.3 Å². The number of anilines is 1. The van der Waals surface area contributed by atoms with Crippen LogP contribution in [0, 0.1) is 17.7 Å². The van der Waals surface area contributed by atoms with Crippen LogP contribution in [0.25, 0.3) is 22.2 Å². The number of nitrogens with zero attached hydrogens (tertiary/aromatic N) is 2. The van der Waals surface area contributed by atoms with Gasteiger partial charge in [-0.3, -0.25) is 19.3 Å². The molecule has 0 unspecified atom stereocenters. The number of aromatic nitrogens is 1. The standard InChI is InChI=1S/C32H22BrFN2O5/c33-20-9-14-27-25(15-20)26(32(40)41-17-29(37)19-5-10-21(34)11-6-19)16-28(35-27)18-7-12-22(13-8-18)36-30(38)23-3-1-2-4-24(23)31(36)39/h1-2,5-16,23-24H,3-4,17H2/t23-,24-/m1/s1. The van der Waals surface area contributed by atoms with Crippen molar-refractivity contribution < 1.29 is 28.3 Å². The molecule has 3 aromatic carbocycles. The maximum absolute atomic E-state index is 13.2. The van der Waals surface area contributed by atoms with Crippen molar-refractivity contribution in [2.45, 2.75) is 12.8 Å². The SMILES string of the molecule is O=C(COC(=O)c1cc(-c2ccc(N3C(=O)[C@@H]4CC=CC[C@H]4C3=O)cc2)nc2ccc(Br)cc12)c1ccc(F)cc1. The van der Waals surface area contributed by atoms with Crippen LogP contribution in [0.1, 0.15) is 33.6 Å². The number of halogens is 2. The molecular formula is C32H22BrFN2O5. The lowest BCUT2D eigenvalue weighted by Gasteiger charge is -2.15. The molecule has 4 aromatic rings. The summed E-state index contributed by atoms with van der Waals surface area (Å²) in [4.78, 5) is 57.6. The van der Waals surface area contributed by atoms with Gasteiger partial charge in [-0.05, 0) is 73.5 Å². The predicted molar refractivity (Wildman–Crippen MR) is 154 cm³/mol. The molecule has 6 rings (SSSR count). The summed E-state index contributed by atoms with van der Waals surface area (Å²) in [5.41, 5.74) is 2.60. The first-order chi connectivity index (χ1) is 19.8. The second-order valence-electron chi connectivity index (χ2n) is 9.94. The third-order valence-electron chi connectivity index (χ3n) is 7.42. The van der Waals surface area contributed by atoms with Crippen molar-refractivity contribution in [2.24, 2.45) is 11.8 Å². The molecule has 41 heavy (non-hydrogen) atoms. The zero-order valence-electron chi connectivity index (χ0n) is 21.6. The third-order valence-corrected chi connectivity index (χ3v) is 7.91. The van der Waals surface area contributed by atoms with Gasteiger partial charge in [0.15, 0.2) is 12.4 Å². The van der Waals surface area contributed by atoms with Gasteiger partial charge in [0.25, 0.3) is 0 Å². The van der Waals surface area contributed by atoms with Crippen LogP contribution in [0.15, 0.2) is 89.4 Å². The number of ketones is 1. The van der Waals surface area contributed by atoms with Crippen molar-refractivity contribution in [1.82, 2.24) is 4.98 Å². The van der Waals surface area contributed by atoms with Crippen molar-refractivity contribution in [2.75, 3.05) is 11.5 Å². The molecule has 2 amide bonds. The minimum Gasteiger partial charge on any atom is -0.454 e. The van der Waals surface area contributed by atoms with E-state index in [0.717, 1.165) is 4.47 Å². The number of carbonyl (C=O) groups excluding carboxylic acids is 4. The Labute approximate surface area is 242 Å². The van der Waals surface area contributed by atoms with E-state index in [4.69, 9.17) is 9.72 Å². The number of ether oxygens (including phenoxy) is 1. The molecular weight excluding hydrogens is 591 g/mol. The van der Waals surface area contributed by atoms with E-state index in [1.165, 1.54) is 29.2 Å². The second-order valence-corrected chi connectivity index (χ2v) is 10.9. The molecule has 0 spiro atoms. The highest BCUT2D eigenvalue weighted by atomic mass is 79.9. The van der Waals surface area contributed by atoms with Crippen LogP contribution in [0.2, 0.25) is 0 Å². The van der Waals surface area contributed by atoms with E-state index in [2.05, 4.69) is 15.9 Å². The summed E-state index contributed by atoms with van der Waals surface area (Å²) in [5, 5.41) is 0.531. The normalized spacial score (nSPS) is 18.0. The molecule has 204 valence electrons. The van der Waals surface area contributed by atoms with Crippen LogP contribution in [0.5, 0.6) is 0 Å². The first-order valence-electron chi connectivity index (χ1n) is 13.0. The molecule has 0 bridgehead atoms. The Hall–Kier alpha value is -4.50. The van der Waals surface area contributed by atoms with Crippen LogP contribution < -0.4 is 4.90 Å². The number of allylic oxidation sites excluding steroid dienone is 2. The average Bonchev–Trinajstić information content (AvgIpc) is 3.25. The summed E-state index contributed by atoms with van der Waals surface area (Å²) in [6.45, 7) is -0.512. The van der Waals surface area contributed by atoms with Gasteiger partial charge in [0.1, 0.15) is 5.82 Å². The van der Waals surface area contributed by atoms with Gasteiger partial charge in [0.05, 0.1) is 34.3 Å². The van der Waals surface area contributed by atoms with Crippen molar-refractivity contribution in [3.05, 3.63) is 106 Å². The number of Topliss-reactive ketones (excluding diaryl/α,β-unsaturated/α-hetero) is 1. The van der Waals surface area contributed by atoms with Gasteiger partial charge in [0.2, 0.25) is 11.8 Å². The second kappa shape index (κ2) is 10.8. The average molecular weight is 613 g/mol. The van der Waals surface area contributed by atoms with Gasteiger partial charge in [-0.15, -0.1) is 0 Å². The largest absolute Gasteiger partial charge is 0.454 e. The Bertz CT molecular complexity index is 1720. The fourth-order valence-electron chi connectivity index (χ4n) is 5.28. The highest BCUT2D eigenvalue weighted by Gasteiger charge is 2.47. The number of hydrogen-bond donors (Lipinski definition) is 0. The number of benzene rings is 3. The Morgan fingerprint density at radius 1 is 0.902 bits per heavy atom. The monoisotopic (exact) mass is 612 g/mol. The maximum atomic E-state index is 13.2. The Morgan fingerprint density at radius 2 is 1.56 bits per heavy atom. The van der Waals surface area contributed by atoms with E-state index in [-0.39, 0.29) is 34.8 Å². The van der Waals surface area contributed by atoms with E-state index in [9.17, 15) is 23.6 Å². The lowest BCUT2D eigenvalue weighted by Crippen LogP contribution is -2.30. The van der Waals surface area contributed by atoms with Gasteiger partial charge in [-0.2, -0.15) is 0 Å². The topological polar surface area (TPSA) is 93.6 Å². The number of rotatable bonds is 6. The van der Waals surface area contributed by atoms with Crippen LogP contribution >= 0.6 is 15.9 Å². The summed E-state index contributed by atoms with van der Waals surface area (Å²) in [7, 11) is 0. The molecule has 7 nitrogen and oxygen atoms in total. The van der Waals surface area contributed by atoms with E-state index in [0.29, 0.717) is 40.7 Å². The molecule has 1 fully saturated rings. The van der Waals surface area contributed by atoms with E-state index >= 15 is 0 Å². The van der Waals surface area contributed by atoms with Crippen LogP contribution in [0.4, 0.5) is 10.1 Å². The summed E-state index contributed by atoms with van der Waals surface area (Å²) >= 11 is 3.42. The molecule has 2 atom stereocenters. The van der Waals surface area contributed by atoms with Crippen LogP contribution in [-0.4, -0.2) is 35.2 Å². The van der Waals surface area contributed by atoms with Gasteiger partial charge in [-0.25, -0.2) is 14.2 Å². The zero-order valence-corrected chi connectivity index (χ0v) is 23.1. The van der Waals surface area contributed by atoms with E-state index in [1.807, 2.05) is 12.2 Å². The van der Waals surface area contributed by atoms with Crippen LogP contribution in [0.3, 0.4) is 0 Å². The van der Waals surface area contributed by atoms with Crippen molar-refractivity contribution >= 4 is 56.1 Å². The Morgan fingerprint density at radius 3 is 2.22 bits per heavy atom. The fourth-order valence-corrected chi connectivity index (χ4v) is 5.64. The van der Waals surface area contributed by atoms with Crippen molar-refractivity contribution in [3.8, 4) is 11.3 Å². The van der Waals surface area contributed by atoms with E-state index in [1.54, 1.807) is 48.5 Å².